The first-order chi connectivity index (χ1) is 11.3. The Kier molecular flexibility index (Phi) is 4.62. The lowest BCUT2D eigenvalue weighted by Gasteiger charge is -2.12. The van der Waals surface area contributed by atoms with Gasteiger partial charge in [-0.3, -0.25) is 0 Å². The van der Waals surface area contributed by atoms with E-state index >= 15 is 0 Å². The first-order valence-electron chi connectivity index (χ1n) is 7.65. The second-order valence-corrected chi connectivity index (χ2v) is 5.19. The fraction of sp³-hybridized carbons (Fsp3) is 0.211. The van der Waals surface area contributed by atoms with E-state index in [4.69, 9.17) is 9.47 Å². The van der Waals surface area contributed by atoms with Gasteiger partial charge in [0.15, 0.2) is 11.5 Å². The molecule has 3 aromatic rings. The van der Waals surface area contributed by atoms with E-state index < -0.39 is 0 Å². The first kappa shape index (κ1) is 15.2. The average molecular weight is 308 g/mol. The fourth-order valence-corrected chi connectivity index (χ4v) is 2.54. The molecular weight excluding hydrogens is 288 g/mol. The Labute approximate surface area is 136 Å². The standard InChI is InChI=1S/C19H20N2O2/c1-3-6-15-9-10-18(19(13-15)22-2)23-12-11-21-14-20-16-7-4-5-8-17(16)21/h3-10,13-14H,11-12H2,1-2H3/b6-3+. The Morgan fingerprint density at radius 3 is 2.83 bits per heavy atom. The minimum Gasteiger partial charge on any atom is -0.493 e. The van der Waals surface area contributed by atoms with E-state index in [2.05, 4.69) is 15.6 Å². The van der Waals surface area contributed by atoms with E-state index in [0.717, 1.165) is 34.6 Å². The van der Waals surface area contributed by atoms with Crippen LogP contribution in [-0.4, -0.2) is 23.3 Å². The maximum absolute atomic E-state index is 5.89. The maximum Gasteiger partial charge on any atom is 0.161 e. The van der Waals surface area contributed by atoms with Gasteiger partial charge in [0.1, 0.15) is 6.61 Å². The minimum atomic E-state index is 0.555. The number of allylic oxidation sites excluding steroid dienone is 1. The van der Waals surface area contributed by atoms with Crippen LogP contribution in [0.15, 0.2) is 54.9 Å². The summed E-state index contributed by atoms with van der Waals surface area (Å²) in [7, 11) is 1.66. The summed E-state index contributed by atoms with van der Waals surface area (Å²) in [6.07, 6.45) is 5.88. The van der Waals surface area contributed by atoms with Crippen molar-refractivity contribution in [3.63, 3.8) is 0 Å². The molecule has 23 heavy (non-hydrogen) atoms. The first-order valence-corrected chi connectivity index (χ1v) is 7.65. The van der Waals surface area contributed by atoms with Crippen molar-refractivity contribution in [2.45, 2.75) is 13.5 Å². The number of benzene rings is 2. The Balaban J connectivity index is 1.68. The lowest BCUT2D eigenvalue weighted by Crippen LogP contribution is -2.07. The molecule has 0 radical (unpaired) electrons. The topological polar surface area (TPSA) is 36.3 Å². The highest BCUT2D eigenvalue weighted by atomic mass is 16.5. The van der Waals surface area contributed by atoms with Crippen LogP contribution in [0.1, 0.15) is 12.5 Å². The van der Waals surface area contributed by atoms with Crippen molar-refractivity contribution < 1.29 is 9.47 Å². The highest BCUT2D eigenvalue weighted by Crippen LogP contribution is 2.28. The molecule has 0 fully saturated rings. The van der Waals surface area contributed by atoms with Gasteiger partial charge in [-0.25, -0.2) is 4.98 Å². The molecule has 0 bridgehead atoms. The van der Waals surface area contributed by atoms with Gasteiger partial charge in [-0.15, -0.1) is 0 Å². The Morgan fingerprint density at radius 1 is 1.13 bits per heavy atom. The smallest absolute Gasteiger partial charge is 0.161 e. The van der Waals surface area contributed by atoms with E-state index in [-0.39, 0.29) is 0 Å². The molecule has 118 valence electrons. The van der Waals surface area contributed by atoms with Crippen LogP contribution in [0, 0.1) is 0 Å². The zero-order chi connectivity index (χ0) is 16.1. The Bertz CT molecular complexity index is 821. The van der Waals surface area contributed by atoms with Crippen LogP contribution in [0.5, 0.6) is 11.5 Å². The minimum absolute atomic E-state index is 0.555. The van der Waals surface area contributed by atoms with Crippen molar-refractivity contribution in [2.24, 2.45) is 0 Å². The van der Waals surface area contributed by atoms with Crippen LogP contribution in [0.4, 0.5) is 0 Å². The van der Waals surface area contributed by atoms with Crippen LogP contribution < -0.4 is 9.47 Å². The predicted octanol–water partition coefficient (Wildman–Crippen LogP) is 4.16. The van der Waals surface area contributed by atoms with Gasteiger partial charge >= 0.3 is 0 Å². The van der Waals surface area contributed by atoms with Gasteiger partial charge in [0.05, 0.1) is 31.0 Å². The maximum atomic E-state index is 5.89. The SMILES string of the molecule is C/C=C/c1ccc(OCCn2cnc3ccccc32)c(OC)c1. The number of fused-ring (bicyclic) bond motifs is 1. The van der Waals surface area contributed by atoms with E-state index in [9.17, 15) is 0 Å². The number of rotatable bonds is 6. The number of methoxy groups -OCH3 is 1. The van der Waals surface area contributed by atoms with E-state index in [1.54, 1.807) is 7.11 Å². The molecule has 1 aromatic heterocycles. The molecule has 2 aromatic carbocycles. The molecule has 0 spiro atoms. The lowest BCUT2D eigenvalue weighted by molar-refractivity contribution is 0.281. The molecule has 0 aliphatic carbocycles. The summed E-state index contributed by atoms with van der Waals surface area (Å²) in [6.45, 7) is 3.28. The number of nitrogens with zero attached hydrogens (tertiary/aromatic N) is 2. The molecule has 0 saturated heterocycles. The Morgan fingerprint density at radius 2 is 2.00 bits per heavy atom. The molecule has 0 saturated carbocycles. The van der Waals surface area contributed by atoms with E-state index in [1.807, 2.05) is 61.8 Å². The molecule has 0 amide bonds. The molecule has 4 nitrogen and oxygen atoms in total. The van der Waals surface area contributed by atoms with Gasteiger partial charge in [0, 0.05) is 0 Å². The highest BCUT2D eigenvalue weighted by Gasteiger charge is 2.06. The fourth-order valence-electron chi connectivity index (χ4n) is 2.54. The summed E-state index contributed by atoms with van der Waals surface area (Å²) in [4.78, 5) is 4.39. The summed E-state index contributed by atoms with van der Waals surface area (Å²) in [5, 5.41) is 0. The molecular formula is C19H20N2O2. The van der Waals surface area contributed by atoms with Crippen molar-refractivity contribution >= 4 is 17.1 Å². The van der Waals surface area contributed by atoms with Crippen LogP contribution in [0.25, 0.3) is 17.1 Å². The van der Waals surface area contributed by atoms with Crippen LogP contribution in [-0.2, 0) is 6.54 Å². The third-order valence-electron chi connectivity index (χ3n) is 3.66. The van der Waals surface area contributed by atoms with Crippen molar-refractivity contribution in [3.05, 3.63) is 60.4 Å². The predicted molar refractivity (Wildman–Crippen MR) is 92.9 cm³/mol. The third kappa shape index (κ3) is 3.37. The number of aromatic nitrogens is 2. The number of imidazole rings is 1. The third-order valence-corrected chi connectivity index (χ3v) is 3.66. The molecule has 0 atom stereocenters. The molecule has 0 unspecified atom stereocenters. The number of para-hydroxylation sites is 2. The molecule has 4 heteroatoms. The molecule has 0 aliphatic rings. The van der Waals surface area contributed by atoms with Crippen LogP contribution in [0.2, 0.25) is 0 Å². The van der Waals surface area contributed by atoms with Gasteiger partial charge < -0.3 is 14.0 Å². The summed E-state index contributed by atoms with van der Waals surface area (Å²) >= 11 is 0. The zero-order valence-corrected chi connectivity index (χ0v) is 13.4. The zero-order valence-electron chi connectivity index (χ0n) is 13.4. The van der Waals surface area contributed by atoms with Gasteiger partial charge in [0.2, 0.25) is 0 Å². The summed E-state index contributed by atoms with van der Waals surface area (Å²) < 4.78 is 13.4. The van der Waals surface area contributed by atoms with Crippen molar-refractivity contribution in [1.29, 1.82) is 0 Å². The summed E-state index contributed by atoms with van der Waals surface area (Å²) in [5.41, 5.74) is 3.21. The Hall–Kier alpha value is -2.75. The molecule has 3 rings (SSSR count). The van der Waals surface area contributed by atoms with Gasteiger partial charge in [-0.05, 0) is 36.8 Å². The largest absolute Gasteiger partial charge is 0.493 e. The molecule has 0 aliphatic heterocycles. The molecule has 1 heterocycles. The normalized spacial score (nSPS) is 11.2. The van der Waals surface area contributed by atoms with Crippen LogP contribution in [0.3, 0.4) is 0 Å². The average Bonchev–Trinajstić information content (AvgIpc) is 2.99. The highest BCUT2D eigenvalue weighted by molar-refractivity contribution is 5.74. The summed E-state index contributed by atoms with van der Waals surface area (Å²) in [5.74, 6) is 1.50. The van der Waals surface area contributed by atoms with Crippen molar-refractivity contribution in [1.82, 2.24) is 9.55 Å². The quantitative estimate of drug-likeness (QED) is 0.686. The monoisotopic (exact) mass is 308 g/mol. The van der Waals surface area contributed by atoms with Crippen molar-refractivity contribution in [3.8, 4) is 11.5 Å². The van der Waals surface area contributed by atoms with Crippen LogP contribution >= 0.6 is 0 Å². The second-order valence-electron chi connectivity index (χ2n) is 5.19. The van der Waals surface area contributed by atoms with Gasteiger partial charge in [-0.2, -0.15) is 0 Å². The van der Waals surface area contributed by atoms with E-state index in [0.29, 0.717) is 6.61 Å². The van der Waals surface area contributed by atoms with Crippen molar-refractivity contribution in [2.75, 3.05) is 13.7 Å². The van der Waals surface area contributed by atoms with Gasteiger partial charge in [-0.1, -0.05) is 30.4 Å². The number of hydrogen-bond donors (Lipinski definition) is 0. The van der Waals surface area contributed by atoms with Gasteiger partial charge in [0.25, 0.3) is 0 Å². The summed E-state index contributed by atoms with van der Waals surface area (Å²) in [6, 6.07) is 14.0. The number of hydrogen-bond acceptors (Lipinski definition) is 3. The van der Waals surface area contributed by atoms with E-state index in [1.165, 1.54) is 0 Å². The molecule has 0 N–H and O–H groups in total. The number of ether oxygens (including phenoxy) is 2. The lowest BCUT2D eigenvalue weighted by atomic mass is 10.2. The second kappa shape index (κ2) is 7.01.